The molecule has 1 saturated carbocycles. The fourth-order valence-corrected chi connectivity index (χ4v) is 2.75. The number of hydrogen-bond acceptors (Lipinski definition) is 2. The van der Waals surface area contributed by atoms with Crippen molar-refractivity contribution in [3.63, 3.8) is 0 Å². The van der Waals surface area contributed by atoms with Gasteiger partial charge < -0.3 is 5.32 Å². The Labute approximate surface area is 114 Å². The summed E-state index contributed by atoms with van der Waals surface area (Å²) in [7, 11) is 0. The maximum atomic E-state index is 12.0. The van der Waals surface area contributed by atoms with E-state index in [2.05, 4.69) is 26.2 Å². The average molecular weight is 318 g/mol. The van der Waals surface area contributed by atoms with E-state index >= 15 is 0 Å². The largest absolute Gasteiger partial charge is 0.349 e. The van der Waals surface area contributed by atoms with E-state index in [1.54, 1.807) is 12.3 Å². The molecule has 17 heavy (non-hydrogen) atoms. The molecule has 1 aliphatic rings. The summed E-state index contributed by atoms with van der Waals surface area (Å²) in [5.41, 5.74) is 0.502. The third-order valence-corrected chi connectivity index (χ3v) is 4.23. The molecule has 2 rings (SSSR count). The van der Waals surface area contributed by atoms with Gasteiger partial charge in [-0.3, -0.25) is 9.78 Å². The molecule has 1 aromatic heterocycles. The summed E-state index contributed by atoms with van der Waals surface area (Å²) in [6, 6.07) is 1.91. The second-order valence-corrected chi connectivity index (χ2v) is 5.98. The quantitative estimate of drug-likeness (QED) is 0.851. The smallest absolute Gasteiger partial charge is 0.253 e. The minimum atomic E-state index is -0.101. The summed E-state index contributed by atoms with van der Waals surface area (Å²) >= 11 is 9.53. The Morgan fingerprint density at radius 3 is 2.76 bits per heavy atom. The van der Waals surface area contributed by atoms with Crippen LogP contribution in [0.1, 0.15) is 36.0 Å². The van der Waals surface area contributed by atoms with E-state index in [4.69, 9.17) is 11.6 Å². The molecule has 1 fully saturated rings. The van der Waals surface area contributed by atoms with E-state index in [1.165, 1.54) is 6.20 Å². The first-order chi connectivity index (χ1) is 8.16. The van der Waals surface area contributed by atoms with E-state index in [0.29, 0.717) is 15.4 Å². The fraction of sp³-hybridized carbons (Fsp3) is 0.500. The third kappa shape index (κ3) is 3.42. The first-order valence-corrected chi connectivity index (χ1v) is 7.00. The number of carbonyl (C=O) groups is 1. The van der Waals surface area contributed by atoms with Gasteiger partial charge in [-0.2, -0.15) is 0 Å². The standard InChI is InChI=1S/C12H14BrClN2O/c13-8-1-3-9(4-2-8)16-12(17)10-5-6-15-7-11(10)14/h5-9H,1-4H2,(H,16,17). The summed E-state index contributed by atoms with van der Waals surface area (Å²) in [6.45, 7) is 0. The van der Waals surface area contributed by atoms with Crippen molar-refractivity contribution in [2.24, 2.45) is 0 Å². The zero-order chi connectivity index (χ0) is 12.3. The van der Waals surface area contributed by atoms with Gasteiger partial charge in [0, 0.05) is 23.3 Å². The van der Waals surface area contributed by atoms with Gasteiger partial charge in [-0.25, -0.2) is 0 Å². The van der Waals surface area contributed by atoms with Crippen molar-refractivity contribution in [1.29, 1.82) is 0 Å². The number of nitrogens with zero attached hydrogens (tertiary/aromatic N) is 1. The van der Waals surface area contributed by atoms with Crippen LogP contribution in [0.25, 0.3) is 0 Å². The Morgan fingerprint density at radius 2 is 2.12 bits per heavy atom. The molecule has 1 aliphatic carbocycles. The predicted octanol–water partition coefficient (Wildman–Crippen LogP) is 3.17. The molecule has 1 amide bonds. The van der Waals surface area contributed by atoms with Gasteiger partial charge in [0.25, 0.3) is 5.91 Å². The van der Waals surface area contributed by atoms with Gasteiger partial charge >= 0.3 is 0 Å². The highest BCUT2D eigenvalue weighted by molar-refractivity contribution is 9.09. The number of carbonyl (C=O) groups excluding carboxylic acids is 1. The second-order valence-electron chi connectivity index (χ2n) is 4.28. The number of halogens is 2. The predicted molar refractivity (Wildman–Crippen MR) is 71.7 cm³/mol. The second kappa shape index (κ2) is 5.83. The summed E-state index contributed by atoms with van der Waals surface area (Å²) in [5, 5.41) is 3.43. The van der Waals surface area contributed by atoms with Crippen LogP contribution in [0.3, 0.4) is 0 Å². The van der Waals surface area contributed by atoms with E-state index in [-0.39, 0.29) is 11.9 Å². The first-order valence-electron chi connectivity index (χ1n) is 5.71. The highest BCUT2D eigenvalue weighted by Gasteiger charge is 2.21. The molecule has 1 heterocycles. The normalized spacial score (nSPS) is 24.4. The van der Waals surface area contributed by atoms with Crippen molar-refractivity contribution in [2.45, 2.75) is 36.6 Å². The summed E-state index contributed by atoms with van der Waals surface area (Å²) < 4.78 is 0. The topological polar surface area (TPSA) is 42.0 Å². The van der Waals surface area contributed by atoms with Crippen molar-refractivity contribution in [1.82, 2.24) is 10.3 Å². The van der Waals surface area contributed by atoms with Gasteiger partial charge in [-0.1, -0.05) is 27.5 Å². The number of aromatic nitrogens is 1. The molecule has 0 atom stereocenters. The van der Waals surface area contributed by atoms with Gasteiger partial charge in [-0.05, 0) is 31.7 Å². The summed E-state index contributed by atoms with van der Waals surface area (Å²) in [5.74, 6) is -0.101. The van der Waals surface area contributed by atoms with E-state index < -0.39 is 0 Å². The number of nitrogens with one attached hydrogen (secondary N) is 1. The van der Waals surface area contributed by atoms with Gasteiger partial charge in [0.1, 0.15) is 0 Å². The first kappa shape index (κ1) is 12.8. The van der Waals surface area contributed by atoms with Crippen LogP contribution >= 0.6 is 27.5 Å². The Hall–Kier alpha value is -0.610. The highest BCUT2D eigenvalue weighted by Crippen LogP contribution is 2.24. The SMILES string of the molecule is O=C(NC1CCC(Br)CC1)c1ccncc1Cl. The third-order valence-electron chi connectivity index (χ3n) is 3.01. The van der Waals surface area contributed by atoms with Gasteiger partial charge in [0.2, 0.25) is 0 Å². The van der Waals surface area contributed by atoms with Crippen LogP contribution in [0.4, 0.5) is 0 Å². The lowest BCUT2D eigenvalue weighted by molar-refractivity contribution is 0.0928. The van der Waals surface area contributed by atoms with E-state index in [1.807, 2.05) is 0 Å². The number of amides is 1. The molecule has 0 bridgehead atoms. The fourth-order valence-electron chi connectivity index (χ4n) is 2.02. The van der Waals surface area contributed by atoms with Crippen LogP contribution in [-0.4, -0.2) is 21.8 Å². The lowest BCUT2D eigenvalue weighted by atomic mass is 9.95. The van der Waals surface area contributed by atoms with E-state index in [0.717, 1.165) is 25.7 Å². The van der Waals surface area contributed by atoms with Crippen LogP contribution in [0, 0.1) is 0 Å². The molecule has 3 nitrogen and oxygen atoms in total. The van der Waals surface area contributed by atoms with Crippen molar-refractivity contribution in [3.05, 3.63) is 29.0 Å². The van der Waals surface area contributed by atoms with Crippen LogP contribution in [-0.2, 0) is 0 Å². The van der Waals surface area contributed by atoms with Crippen LogP contribution in [0.5, 0.6) is 0 Å². The Bertz CT molecular complexity index is 405. The minimum Gasteiger partial charge on any atom is -0.349 e. The molecule has 0 aliphatic heterocycles. The molecular weight excluding hydrogens is 304 g/mol. The molecule has 1 N–H and O–H groups in total. The Balaban J connectivity index is 1.96. The maximum absolute atomic E-state index is 12.0. The van der Waals surface area contributed by atoms with E-state index in [9.17, 15) is 4.79 Å². The van der Waals surface area contributed by atoms with Crippen molar-refractivity contribution in [3.8, 4) is 0 Å². The lowest BCUT2D eigenvalue weighted by Crippen LogP contribution is -2.37. The number of hydrogen-bond donors (Lipinski definition) is 1. The minimum absolute atomic E-state index is 0.101. The maximum Gasteiger partial charge on any atom is 0.253 e. The molecular formula is C12H14BrClN2O. The molecule has 92 valence electrons. The Morgan fingerprint density at radius 1 is 1.41 bits per heavy atom. The van der Waals surface area contributed by atoms with Gasteiger partial charge in [0.15, 0.2) is 0 Å². The average Bonchev–Trinajstić information content (AvgIpc) is 2.32. The number of rotatable bonds is 2. The molecule has 0 spiro atoms. The number of pyridine rings is 1. The van der Waals surface area contributed by atoms with Crippen LogP contribution in [0.15, 0.2) is 18.5 Å². The summed E-state index contributed by atoms with van der Waals surface area (Å²) in [4.78, 5) is 16.4. The molecule has 0 aromatic carbocycles. The summed E-state index contributed by atoms with van der Waals surface area (Å²) in [6.07, 6.45) is 7.32. The lowest BCUT2D eigenvalue weighted by Gasteiger charge is -2.26. The zero-order valence-corrected chi connectivity index (χ0v) is 11.7. The highest BCUT2D eigenvalue weighted by atomic mass is 79.9. The molecule has 5 heteroatoms. The zero-order valence-electron chi connectivity index (χ0n) is 9.33. The van der Waals surface area contributed by atoms with Crippen LogP contribution in [0.2, 0.25) is 5.02 Å². The van der Waals surface area contributed by atoms with Crippen molar-refractivity contribution in [2.75, 3.05) is 0 Å². The molecule has 0 unspecified atom stereocenters. The van der Waals surface area contributed by atoms with Crippen molar-refractivity contribution < 1.29 is 4.79 Å². The monoisotopic (exact) mass is 316 g/mol. The molecule has 0 saturated heterocycles. The van der Waals surface area contributed by atoms with Crippen molar-refractivity contribution >= 4 is 33.4 Å². The molecule has 1 aromatic rings. The molecule has 0 radical (unpaired) electrons. The number of alkyl halides is 1. The Kier molecular flexibility index (Phi) is 4.40. The van der Waals surface area contributed by atoms with Crippen LogP contribution < -0.4 is 5.32 Å². The van der Waals surface area contributed by atoms with Gasteiger partial charge in [-0.15, -0.1) is 0 Å². The van der Waals surface area contributed by atoms with Gasteiger partial charge in [0.05, 0.1) is 10.6 Å².